The minimum absolute atomic E-state index is 0.00150. The lowest BCUT2D eigenvalue weighted by atomic mass is 10.1. The number of amides is 2. The molecule has 1 saturated heterocycles. The number of piperidine rings is 1. The number of carbonyl (C=O) groups excluding carboxylic acids is 2. The molecule has 4 rings (SSSR count). The Bertz CT molecular complexity index is 1030. The van der Waals surface area contributed by atoms with Crippen molar-refractivity contribution in [2.24, 2.45) is 0 Å². The van der Waals surface area contributed by atoms with Crippen LogP contribution in [0.25, 0.3) is 10.9 Å². The zero-order chi connectivity index (χ0) is 21.1. The van der Waals surface area contributed by atoms with Crippen LogP contribution in [0.4, 0.5) is 0 Å². The number of hydrogen-bond donors (Lipinski definition) is 1. The summed E-state index contributed by atoms with van der Waals surface area (Å²) in [6.45, 7) is 1.61. The van der Waals surface area contributed by atoms with Crippen LogP contribution in [0.2, 0.25) is 0 Å². The highest BCUT2D eigenvalue weighted by atomic mass is 32.2. The lowest BCUT2D eigenvalue weighted by Crippen LogP contribution is -2.37. The van der Waals surface area contributed by atoms with Gasteiger partial charge in [-0.05, 0) is 38.2 Å². The minimum Gasteiger partial charge on any atom is -0.352 e. The zero-order valence-corrected chi connectivity index (χ0v) is 18.0. The number of para-hydroxylation sites is 1. The summed E-state index contributed by atoms with van der Waals surface area (Å²) in [4.78, 5) is 27.1. The number of aromatic nitrogens is 1. The van der Waals surface area contributed by atoms with Gasteiger partial charge >= 0.3 is 0 Å². The molecule has 2 aromatic rings. The van der Waals surface area contributed by atoms with Crippen molar-refractivity contribution in [2.75, 3.05) is 18.8 Å². The van der Waals surface area contributed by atoms with Crippen LogP contribution in [-0.4, -0.2) is 54.6 Å². The molecule has 1 saturated carbocycles. The molecule has 2 amide bonds. The van der Waals surface area contributed by atoms with Gasteiger partial charge in [0.25, 0.3) is 0 Å². The van der Waals surface area contributed by atoms with Crippen molar-refractivity contribution in [3.05, 3.63) is 30.5 Å². The molecule has 1 aromatic carbocycles. The molecule has 2 aliphatic rings. The maximum absolute atomic E-state index is 13.1. The number of nitrogens with zero attached hydrogens (tertiary/aromatic N) is 2. The Hall–Kier alpha value is -2.35. The average Bonchev–Trinajstić information content (AvgIpc) is 3.37. The second kappa shape index (κ2) is 8.79. The summed E-state index contributed by atoms with van der Waals surface area (Å²) in [5, 5.41) is 3.40. The van der Waals surface area contributed by atoms with Crippen LogP contribution in [0.1, 0.15) is 44.9 Å². The topological polar surface area (TPSA) is 88.5 Å². The quantitative estimate of drug-likeness (QED) is 0.761. The van der Waals surface area contributed by atoms with Crippen molar-refractivity contribution >= 4 is 32.6 Å². The van der Waals surface area contributed by atoms with E-state index in [1.54, 1.807) is 16.7 Å². The van der Waals surface area contributed by atoms with Crippen molar-refractivity contribution in [1.29, 1.82) is 0 Å². The van der Waals surface area contributed by atoms with Gasteiger partial charge in [0.05, 0.1) is 4.90 Å². The lowest BCUT2D eigenvalue weighted by molar-refractivity contribution is -0.132. The molecule has 1 aromatic heterocycles. The number of rotatable bonds is 6. The van der Waals surface area contributed by atoms with Crippen molar-refractivity contribution in [3.63, 3.8) is 0 Å². The molecule has 8 heteroatoms. The highest BCUT2D eigenvalue weighted by Gasteiger charge is 2.27. The number of carbonyl (C=O) groups is 2. The summed E-state index contributed by atoms with van der Waals surface area (Å²) >= 11 is 0. The Morgan fingerprint density at radius 1 is 1.00 bits per heavy atom. The van der Waals surface area contributed by atoms with Gasteiger partial charge < -0.3 is 14.8 Å². The van der Waals surface area contributed by atoms with Crippen LogP contribution in [-0.2, 0) is 26.0 Å². The molecule has 2 heterocycles. The van der Waals surface area contributed by atoms with Gasteiger partial charge in [-0.2, -0.15) is 0 Å². The second-order valence-electron chi connectivity index (χ2n) is 8.39. The van der Waals surface area contributed by atoms with Gasteiger partial charge in [-0.1, -0.05) is 31.0 Å². The van der Waals surface area contributed by atoms with Gasteiger partial charge in [0.1, 0.15) is 12.3 Å². The van der Waals surface area contributed by atoms with Crippen LogP contribution in [0.15, 0.2) is 35.4 Å². The molecule has 0 unspecified atom stereocenters. The zero-order valence-electron chi connectivity index (χ0n) is 17.2. The second-order valence-corrected chi connectivity index (χ2v) is 10.3. The summed E-state index contributed by atoms with van der Waals surface area (Å²) in [5.41, 5.74) is 0.692. The van der Waals surface area contributed by atoms with Crippen LogP contribution in [0.5, 0.6) is 0 Å². The predicted octanol–water partition coefficient (Wildman–Crippen LogP) is 2.49. The monoisotopic (exact) mass is 431 g/mol. The molecule has 0 bridgehead atoms. The summed E-state index contributed by atoms with van der Waals surface area (Å²) in [7, 11) is -3.83. The van der Waals surface area contributed by atoms with Crippen molar-refractivity contribution in [3.8, 4) is 0 Å². The van der Waals surface area contributed by atoms with E-state index in [1.165, 1.54) is 6.20 Å². The van der Waals surface area contributed by atoms with E-state index in [0.29, 0.717) is 10.9 Å². The normalized spacial score (nSPS) is 18.1. The fourth-order valence-electron chi connectivity index (χ4n) is 4.57. The number of fused-ring (bicyclic) bond motifs is 1. The molecule has 1 aliphatic carbocycles. The molecular weight excluding hydrogens is 402 g/mol. The van der Waals surface area contributed by atoms with Gasteiger partial charge in [0, 0.05) is 36.2 Å². The van der Waals surface area contributed by atoms with E-state index in [9.17, 15) is 18.0 Å². The van der Waals surface area contributed by atoms with Crippen LogP contribution in [0, 0.1) is 0 Å². The summed E-state index contributed by atoms with van der Waals surface area (Å²) in [5.74, 6) is -1.03. The fraction of sp³-hybridized carbons (Fsp3) is 0.545. The maximum Gasteiger partial charge on any atom is 0.242 e. The summed E-state index contributed by atoms with van der Waals surface area (Å²) in [6, 6.07) is 7.23. The number of likely N-dealkylation sites (tertiary alicyclic amines) is 1. The van der Waals surface area contributed by atoms with Crippen molar-refractivity contribution < 1.29 is 18.0 Å². The molecule has 162 valence electrons. The van der Waals surface area contributed by atoms with Gasteiger partial charge in [-0.25, -0.2) is 8.42 Å². The minimum atomic E-state index is -3.83. The Kier molecular flexibility index (Phi) is 6.13. The van der Waals surface area contributed by atoms with Crippen LogP contribution in [0.3, 0.4) is 0 Å². The van der Waals surface area contributed by atoms with E-state index < -0.39 is 21.5 Å². The molecule has 1 N–H and O–H groups in total. The first-order valence-corrected chi connectivity index (χ1v) is 12.5. The smallest absolute Gasteiger partial charge is 0.242 e. The largest absolute Gasteiger partial charge is 0.352 e. The average molecular weight is 432 g/mol. The number of benzene rings is 1. The molecule has 7 nitrogen and oxygen atoms in total. The Balaban J connectivity index is 1.56. The standard InChI is InChI=1S/C22H29N3O4S/c26-21(23-17-8-2-3-9-17)16-30(28,29)20-14-25(19-11-5-4-10-18(19)20)15-22(27)24-12-6-1-7-13-24/h4-5,10-11,14,17H,1-3,6-9,12-13,15-16H2,(H,23,26). The number of sulfone groups is 1. The van der Waals surface area contributed by atoms with Crippen molar-refractivity contribution in [1.82, 2.24) is 14.8 Å². The van der Waals surface area contributed by atoms with E-state index >= 15 is 0 Å². The predicted molar refractivity (Wildman–Crippen MR) is 115 cm³/mol. The Morgan fingerprint density at radius 3 is 2.43 bits per heavy atom. The molecular formula is C22H29N3O4S. The van der Waals surface area contributed by atoms with E-state index in [4.69, 9.17) is 0 Å². The Morgan fingerprint density at radius 2 is 1.70 bits per heavy atom. The summed E-state index contributed by atoms with van der Waals surface area (Å²) < 4.78 is 27.8. The number of nitrogens with one attached hydrogen (secondary N) is 1. The first-order chi connectivity index (χ1) is 14.4. The lowest BCUT2D eigenvalue weighted by Gasteiger charge is -2.27. The molecule has 0 atom stereocenters. The summed E-state index contributed by atoms with van der Waals surface area (Å²) in [6.07, 6.45) is 8.62. The van der Waals surface area contributed by atoms with E-state index in [-0.39, 0.29) is 23.4 Å². The van der Waals surface area contributed by atoms with Gasteiger partial charge in [-0.15, -0.1) is 0 Å². The SMILES string of the molecule is O=C(CS(=O)(=O)c1cn(CC(=O)N2CCCCC2)c2ccccc12)NC1CCCC1. The molecule has 0 spiro atoms. The third-order valence-corrected chi connectivity index (χ3v) is 7.78. The third kappa shape index (κ3) is 4.53. The highest BCUT2D eigenvalue weighted by Crippen LogP contribution is 2.27. The van der Waals surface area contributed by atoms with Crippen molar-refractivity contribution in [2.45, 2.75) is 62.4 Å². The molecule has 1 aliphatic heterocycles. The van der Waals surface area contributed by atoms with E-state index in [1.807, 2.05) is 17.0 Å². The molecule has 0 radical (unpaired) electrons. The van der Waals surface area contributed by atoms with E-state index in [2.05, 4.69) is 5.32 Å². The van der Waals surface area contributed by atoms with E-state index in [0.717, 1.165) is 58.0 Å². The molecule has 2 fully saturated rings. The van der Waals surface area contributed by atoms with Gasteiger partial charge in [0.2, 0.25) is 11.8 Å². The third-order valence-electron chi connectivity index (χ3n) is 6.14. The van der Waals surface area contributed by atoms with Gasteiger partial charge in [0.15, 0.2) is 9.84 Å². The Labute approximate surface area is 177 Å². The highest BCUT2D eigenvalue weighted by molar-refractivity contribution is 7.92. The number of hydrogen-bond acceptors (Lipinski definition) is 4. The maximum atomic E-state index is 13.1. The van der Waals surface area contributed by atoms with Crippen LogP contribution >= 0.6 is 0 Å². The fourth-order valence-corrected chi connectivity index (χ4v) is 5.95. The van der Waals surface area contributed by atoms with Crippen LogP contribution < -0.4 is 5.32 Å². The molecule has 30 heavy (non-hydrogen) atoms. The first-order valence-electron chi connectivity index (χ1n) is 10.8. The van der Waals surface area contributed by atoms with Gasteiger partial charge in [-0.3, -0.25) is 9.59 Å². The first kappa shape index (κ1) is 20.9.